The number of nitrogens with zero attached hydrogens (tertiary/aromatic N) is 2. The van der Waals surface area contributed by atoms with E-state index >= 15 is 0 Å². The predicted molar refractivity (Wildman–Crippen MR) is 84.4 cm³/mol. The van der Waals surface area contributed by atoms with Crippen molar-refractivity contribution >= 4 is 21.2 Å². The minimum atomic E-state index is -3.66. The molecule has 2 rings (SSSR count). The monoisotopic (exact) mass is 336 g/mol. The molecule has 0 saturated carbocycles. The first-order chi connectivity index (χ1) is 11.0. The van der Waals surface area contributed by atoms with Crippen LogP contribution in [0.4, 0.5) is 11.4 Å². The number of benzene rings is 2. The molecule has 23 heavy (non-hydrogen) atoms. The van der Waals surface area contributed by atoms with E-state index in [4.69, 9.17) is 9.84 Å². The summed E-state index contributed by atoms with van der Waals surface area (Å²) in [5, 5.41) is 26.6. The van der Waals surface area contributed by atoms with Crippen molar-refractivity contribution in [3.63, 3.8) is 0 Å². The fraction of sp³-hybridized carbons (Fsp3) is 0.200. The number of aliphatic hydroxyl groups excluding tert-OH is 1. The molecule has 7 nitrogen and oxygen atoms in total. The van der Waals surface area contributed by atoms with Gasteiger partial charge in [-0.15, -0.1) is 10.2 Å². The molecular formula is C15H16N2O5S. The van der Waals surface area contributed by atoms with Gasteiger partial charge in [-0.3, -0.25) is 0 Å². The Hall–Kier alpha value is -2.45. The van der Waals surface area contributed by atoms with Crippen molar-refractivity contribution in [2.24, 2.45) is 10.2 Å². The number of phenols is 1. The lowest BCUT2D eigenvalue weighted by atomic mass is 10.3. The molecule has 0 amide bonds. The zero-order chi connectivity index (χ0) is 16.9. The van der Waals surface area contributed by atoms with E-state index in [0.717, 1.165) is 0 Å². The third kappa shape index (κ3) is 3.85. The summed E-state index contributed by atoms with van der Waals surface area (Å²) >= 11 is 0. The summed E-state index contributed by atoms with van der Waals surface area (Å²) < 4.78 is 29.2. The first-order valence-electron chi connectivity index (χ1n) is 6.70. The van der Waals surface area contributed by atoms with Crippen LogP contribution in [0.15, 0.2) is 57.6 Å². The minimum Gasteiger partial charge on any atom is -0.503 e. The Labute approximate surface area is 133 Å². The van der Waals surface area contributed by atoms with Crippen molar-refractivity contribution in [3.8, 4) is 11.5 Å². The molecule has 0 unspecified atom stereocenters. The first kappa shape index (κ1) is 16.9. The molecule has 0 radical (unpaired) electrons. The molecule has 0 aliphatic rings. The van der Waals surface area contributed by atoms with Crippen LogP contribution >= 0.6 is 0 Å². The lowest BCUT2D eigenvalue weighted by Crippen LogP contribution is -2.10. The molecule has 0 spiro atoms. The number of aliphatic hydroxyl groups is 1. The lowest BCUT2D eigenvalue weighted by Gasteiger charge is -2.06. The first-order valence-corrected chi connectivity index (χ1v) is 8.35. The van der Waals surface area contributed by atoms with Crippen molar-refractivity contribution in [1.82, 2.24) is 0 Å². The van der Waals surface area contributed by atoms with Crippen molar-refractivity contribution in [1.29, 1.82) is 0 Å². The van der Waals surface area contributed by atoms with Gasteiger partial charge >= 0.3 is 0 Å². The van der Waals surface area contributed by atoms with Gasteiger partial charge in [-0.05, 0) is 24.3 Å². The molecule has 2 aromatic carbocycles. The molecule has 0 bridgehead atoms. The standard InChI is InChI=1S/C15H16N2O5S/c1-22-13-7-4-6-12(15(13)19)17-16-11-5-2-3-8-14(11)23(20,21)10-9-18/h2-8,18-19H,9-10H2,1H3. The van der Waals surface area contributed by atoms with E-state index in [2.05, 4.69) is 10.2 Å². The highest BCUT2D eigenvalue weighted by molar-refractivity contribution is 7.91. The van der Waals surface area contributed by atoms with Gasteiger partial charge in [-0.25, -0.2) is 8.42 Å². The Bertz CT molecular complexity index is 818. The van der Waals surface area contributed by atoms with Gasteiger partial charge in [0.05, 0.1) is 24.4 Å². The van der Waals surface area contributed by atoms with Crippen LogP contribution in [0.25, 0.3) is 0 Å². The number of ether oxygens (including phenoxy) is 1. The van der Waals surface area contributed by atoms with E-state index in [1.54, 1.807) is 24.3 Å². The Morgan fingerprint density at radius 3 is 2.39 bits per heavy atom. The van der Waals surface area contributed by atoms with Crippen LogP contribution in [-0.2, 0) is 9.84 Å². The average molecular weight is 336 g/mol. The number of azo groups is 1. The molecule has 2 N–H and O–H groups in total. The van der Waals surface area contributed by atoms with E-state index < -0.39 is 22.2 Å². The fourth-order valence-corrected chi connectivity index (χ4v) is 3.07. The molecule has 0 heterocycles. The van der Waals surface area contributed by atoms with E-state index in [0.29, 0.717) is 0 Å². The summed E-state index contributed by atoms with van der Waals surface area (Å²) in [4.78, 5) is -0.0276. The molecule has 122 valence electrons. The molecule has 0 aromatic heterocycles. The maximum Gasteiger partial charge on any atom is 0.185 e. The summed E-state index contributed by atoms with van der Waals surface area (Å²) in [6.45, 7) is -0.482. The topological polar surface area (TPSA) is 109 Å². The predicted octanol–water partition coefficient (Wildman–Crippen LogP) is 2.58. The largest absolute Gasteiger partial charge is 0.503 e. The maximum absolute atomic E-state index is 12.1. The van der Waals surface area contributed by atoms with Crippen LogP contribution in [0.3, 0.4) is 0 Å². The highest BCUT2D eigenvalue weighted by Crippen LogP contribution is 2.37. The third-order valence-electron chi connectivity index (χ3n) is 3.02. The Morgan fingerprint density at radius 1 is 1.04 bits per heavy atom. The van der Waals surface area contributed by atoms with Gasteiger partial charge in [-0.2, -0.15) is 0 Å². The SMILES string of the molecule is COc1cccc(N=Nc2ccccc2S(=O)(=O)CCO)c1O. The molecule has 0 saturated heterocycles. The molecule has 2 aromatic rings. The highest BCUT2D eigenvalue weighted by Gasteiger charge is 2.18. The van der Waals surface area contributed by atoms with E-state index in [9.17, 15) is 13.5 Å². The van der Waals surface area contributed by atoms with Gasteiger partial charge in [0.1, 0.15) is 11.4 Å². The van der Waals surface area contributed by atoms with E-state index in [1.807, 2.05) is 0 Å². The normalized spacial score (nSPS) is 11.7. The Kier molecular flexibility index (Phi) is 5.30. The van der Waals surface area contributed by atoms with Crippen molar-refractivity contribution in [3.05, 3.63) is 42.5 Å². The number of phenolic OH excluding ortho intramolecular Hbond substituents is 1. The number of rotatable bonds is 6. The summed E-state index contributed by atoms with van der Waals surface area (Å²) in [6.07, 6.45) is 0. The lowest BCUT2D eigenvalue weighted by molar-refractivity contribution is 0.319. The zero-order valence-corrected chi connectivity index (χ0v) is 13.2. The molecule has 0 fully saturated rings. The smallest absolute Gasteiger partial charge is 0.185 e. The number of aromatic hydroxyl groups is 1. The highest BCUT2D eigenvalue weighted by atomic mass is 32.2. The molecule has 0 atom stereocenters. The molecule has 8 heteroatoms. The van der Waals surface area contributed by atoms with Crippen LogP contribution in [-0.4, -0.2) is 38.1 Å². The second kappa shape index (κ2) is 7.21. The third-order valence-corrected chi connectivity index (χ3v) is 4.76. The van der Waals surface area contributed by atoms with Crippen LogP contribution in [0, 0.1) is 0 Å². The minimum absolute atomic E-state index is 0.0276. The molecule has 0 aliphatic carbocycles. The Morgan fingerprint density at radius 2 is 1.70 bits per heavy atom. The quantitative estimate of drug-likeness (QED) is 0.788. The van der Waals surface area contributed by atoms with Gasteiger partial charge in [0.15, 0.2) is 21.3 Å². The summed E-state index contributed by atoms with van der Waals surface area (Å²) in [6, 6.07) is 10.8. The summed E-state index contributed by atoms with van der Waals surface area (Å²) in [5.41, 5.74) is 0.280. The van der Waals surface area contributed by atoms with Crippen molar-refractivity contribution in [2.45, 2.75) is 4.90 Å². The number of sulfone groups is 1. The number of hydrogen-bond donors (Lipinski definition) is 2. The van der Waals surface area contributed by atoms with Crippen molar-refractivity contribution in [2.75, 3.05) is 19.5 Å². The van der Waals surface area contributed by atoms with Gasteiger partial charge in [-0.1, -0.05) is 18.2 Å². The second-order valence-corrected chi connectivity index (χ2v) is 6.62. The van der Waals surface area contributed by atoms with Gasteiger partial charge in [0, 0.05) is 0 Å². The molecule has 0 aliphatic heterocycles. The Balaban J connectivity index is 2.42. The number of methoxy groups -OCH3 is 1. The second-order valence-electron chi connectivity index (χ2n) is 4.54. The van der Waals surface area contributed by atoms with Gasteiger partial charge in [0.2, 0.25) is 0 Å². The van der Waals surface area contributed by atoms with E-state index in [1.165, 1.54) is 25.3 Å². The summed E-state index contributed by atoms with van der Waals surface area (Å²) in [5.74, 6) is -0.346. The fourth-order valence-electron chi connectivity index (χ4n) is 1.90. The van der Waals surface area contributed by atoms with E-state index in [-0.39, 0.29) is 27.8 Å². The average Bonchev–Trinajstić information content (AvgIpc) is 2.54. The zero-order valence-electron chi connectivity index (χ0n) is 12.4. The van der Waals surface area contributed by atoms with Gasteiger partial charge in [0.25, 0.3) is 0 Å². The van der Waals surface area contributed by atoms with Gasteiger partial charge < -0.3 is 14.9 Å². The van der Waals surface area contributed by atoms with Crippen LogP contribution in [0.2, 0.25) is 0 Å². The van der Waals surface area contributed by atoms with Crippen molar-refractivity contribution < 1.29 is 23.4 Å². The number of hydrogen-bond acceptors (Lipinski definition) is 7. The molecular weight excluding hydrogens is 320 g/mol. The van der Waals surface area contributed by atoms with Crippen LogP contribution in [0.1, 0.15) is 0 Å². The van der Waals surface area contributed by atoms with Crippen LogP contribution < -0.4 is 4.74 Å². The van der Waals surface area contributed by atoms with Crippen LogP contribution in [0.5, 0.6) is 11.5 Å². The summed E-state index contributed by atoms with van der Waals surface area (Å²) in [7, 11) is -2.25. The maximum atomic E-state index is 12.1. The number of para-hydroxylation sites is 1.